The molecular weight excluding hydrogens is 420 g/mol. The number of non-ortho nitro benzene ring substituents is 1. The molecule has 2 N–H and O–H groups in total. The molecule has 0 unspecified atom stereocenters. The van der Waals surface area contributed by atoms with E-state index in [-0.39, 0.29) is 17.0 Å². The number of carbonyl (C=O) groups excluding carboxylic acids is 1. The van der Waals surface area contributed by atoms with E-state index in [1.54, 1.807) is 12.1 Å². The molecule has 1 aromatic heterocycles. The first-order valence-corrected chi connectivity index (χ1v) is 9.98. The molecule has 0 atom stereocenters. The fourth-order valence-electron chi connectivity index (χ4n) is 3.49. The molecule has 3 aromatic carbocycles. The smallest absolute Gasteiger partial charge is 0.269 e. The maximum Gasteiger partial charge on any atom is 0.269 e. The van der Waals surface area contributed by atoms with Crippen LogP contribution in [0, 0.1) is 21.4 Å². The minimum atomic E-state index is -0.560. The summed E-state index contributed by atoms with van der Waals surface area (Å²) in [6, 6.07) is 21.8. The van der Waals surface area contributed by atoms with Gasteiger partial charge in [0, 0.05) is 47.0 Å². The van der Waals surface area contributed by atoms with E-state index in [0.29, 0.717) is 17.8 Å². The van der Waals surface area contributed by atoms with Crippen molar-refractivity contribution in [2.75, 3.05) is 5.32 Å². The van der Waals surface area contributed by atoms with Gasteiger partial charge in [0.2, 0.25) is 0 Å². The Morgan fingerprint density at radius 3 is 2.45 bits per heavy atom. The highest BCUT2D eigenvalue weighted by molar-refractivity contribution is 6.10. The average Bonchev–Trinajstić information content (AvgIpc) is 3.16. The molecule has 0 fully saturated rings. The van der Waals surface area contributed by atoms with E-state index in [1.165, 1.54) is 42.5 Å². The lowest BCUT2D eigenvalue weighted by Gasteiger charge is -2.05. The van der Waals surface area contributed by atoms with Gasteiger partial charge in [-0.05, 0) is 42.0 Å². The molecule has 0 aliphatic carbocycles. The lowest BCUT2D eigenvalue weighted by molar-refractivity contribution is -0.384. The summed E-state index contributed by atoms with van der Waals surface area (Å²) in [7, 11) is 0. The second-order valence-corrected chi connectivity index (χ2v) is 7.32. The SMILES string of the molecule is N#C/C(=C/c1cn(Cc2ccc([N+](=O)[O-])cc2)c2ccccc12)C(=O)Nc1ccc(O)cc1. The van der Waals surface area contributed by atoms with Crippen molar-refractivity contribution in [3.05, 3.63) is 106 Å². The van der Waals surface area contributed by atoms with Crippen LogP contribution in [-0.4, -0.2) is 20.5 Å². The molecule has 0 aliphatic rings. The van der Waals surface area contributed by atoms with Gasteiger partial charge in [-0.1, -0.05) is 30.3 Å². The number of phenols is 1. The normalized spacial score (nSPS) is 11.2. The fourth-order valence-corrected chi connectivity index (χ4v) is 3.49. The lowest BCUT2D eigenvalue weighted by Crippen LogP contribution is -2.13. The van der Waals surface area contributed by atoms with Crippen LogP contribution in [0.25, 0.3) is 17.0 Å². The van der Waals surface area contributed by atoms with Crippen LogP contribution >= 0.6 is 0 Å². The third-order valence-electron chi connectivity index (χ3n) is 5.11. The number of phenolic OH excluding ortho intramolecular Hbond substituents is 1. The number of nitrogens with zero attached hydrogens (tertiary/aromatic N) is 3. The lowest BCUT2D eigenvalue weighted by atomic mass is 10.1. The summed E-state index contributed by atoms with van der Waals surface area (Å²) < 4.78 is 1.97. The Morgan fingerprint density at radius 1 is 1.09 bits per heavy atom. The number of hydrogen-bond acceptors (Lipinski definition) is 5. The van der Waals surface area contributed by atoms with Crippen LogP contribution in [0.5, 0.6) is 5.75 Å². The zero-order valence-electron chi connectivity index (χ0n) is 17.3. The number of nitro groups is 1. The molecule has 4 aromatic rings. The number of benzene rings is 3. The quantitative estimate of drug-likeness (QED) is 0.147. The minimum Gasteiger partial charge on any atom is -0.508 e. The molecule has 0 saturated carbocycles. The summed E-state index contributed by atoms with van der Waals surface area (Å²) in [5.74, 6) is -0.486. The molecule has 0 spiro atoms. The molecule has 1 heterocycles. The van der Waals surface area contributed by atoms with E-state index in [0.717, 1.165) is 16.5 Å². The molecule has 8 heteroatoms. The number of nitro benzene ring substituents is 1. The van der Waals surface area contributed by atoms with Gasteiger partial charge >= 0.3 is 0 Å². The highest BCUT2D eigenvalue weighted by Gasteiger charge is 2.13. The van der Waals surface area contributed by atoms with Gasteiger partial charge in [0.05, 0.1) is 4.92 Å². The van der Waals surface area contributed by atoms with Gasteiger partial charge in [-0.3, -0.25) is 14.9 Å². The highest BCUT2D eigenvalue weighted by atomic mass is 16.6. The number of nitrogens with one attached hydrogen (secondary N) is 1. The predicted molar refractivity (Wildman–Crippen MR) is 124 cm³/mol. The predicted octanol–water partition coefficient (Wildman–Crippen LogP) is 4.85. The van der Waals surface area contributed by atoms with Gasteiger partial charge in [-0.15, -0.1) is 0 Å². The number of anilines is 1. The molecule has 0 radical (unpaired) electrons. The standard InChI is InChI=1S/C25H18N4O4/c26-14-18(25(31)27-20-7-11-22(30)12-8-20)13-19-16-28(24-4-2-1-3-23(19)24)15-17-5-9-21(10-6-17)29(32)33/h1-13,16,30H,15H2,(H,27,31)/b18-13-. The second-order valence-electron chi connectivity index (χ2n) is 7.32. The van der Waals surface area contributed by atoms with Crippen LogP contribution < -0.4 is 5.32 Å². The Labute approximate surface area is 188 Å². The number of aromatic nitrogens is 1. The number of hydrogen-bond donors (Lipinski definition) is 2. The molecule has 4 rings (SSSR count). The van der Waals surface area contributed by atoms with E-state index >= 15 is 0 Å². The van der Waals surface area contributed by atoms with E-state index in [4.69, 9.17) is 0 Å². The largest absolute Gasteiger partial charge is 0.508 e. The van der Waals surface area contributed by atoms with Crippen LogP contribution in [0.2, 0.25) is 0 Å². The molecule has 162 valence electrons. The van der Waals surface area contributed by atoms with Crippen LogP contribution in [0.3, 0.4) is 0 Å². The fraction of sp³-hybridized carbons (Fsp3) is 0.0400. The van der Waals surface area contributed by atoms with Crippen molar-refractivity contribution in [1.82, 2.24) is 4.57 Å². The molecule has 8 nitrogen and oxygen atoms in total. The number of para-hydroxylation sites is 1. The van der Waals surface area contributed by atoms with Crippen LogP contribution in [-0.2, 0) is 11.3 Å². The van der Waals surface area contributed by atoms with Crippen molar-refractivity contribution in [3.8, 4) is 11.8 Å². The number of fused-ring (bicyclic) bond motifs is 1. The molecule has 0 bridgehead atoms. The molecule has 0 aliphatic heterocycles. The third-order valence-corrected chi connectivity index (χ3v) is 5.11. The Hall–Kier alpha value is -4.90. The van der Waals surface area contributed by atoms with E-state index in [1.807, 2.05) is 41.1 Å². The number of amides is 1. The van der Waals surface area contributed by atoms with Gasteiger partial charge in [-0.25, -0.2) is 0 Å². The van der Waals surface area contributed by atoms with Crippen LogP contribution in [0.4, 0.5) is 11.4 Å². The summed E-state index contributed by atoms with van der Waals surface area (Å²) in [6.45, 7) is 0.466. The van der Waals surface area contributed by atoms with E-state index in [9.17, 15) is 25.3 Å². The number of carbonyl (C=O) groups is 1. The van der Waals surface area contributed by atoms with Crippen molar-refractivity contribution < 1.29 is 14.8 Å². The highest BCUT2D eigenvalue weighted by Crippen LogP contribution is 2.25. The Kier molecular flexibility index (Phi) is 5.87. The summed E-state index contributed by atoms with van der Waals surface area (Å²) in [4.78, 5) is 23.1. The molecule has 0 saturated heterocycles. The first-order valence-electron chi connectivity index (χ1n) is 9.98. The monoisotopic (exact) mass is 438 g/mol. The summed E-state index contributed by atoms with van der Waals surface area (Å²) in [5.41, 5.74) is 2.89. The van der Waals surface area contributed by atoms with Crippen molar-refractivity contribution in [3.63, 3.8) is 0 Å². The maximum absolute atomic E-state index is 12.6. The number of aromatic hydroxyl groups is 1. The van der Waals surface area contributed by atoms with Gasteiger partial charge in [0.25, 0.3) is 11.6 Å². The first kappa shape index (κ1) is 21.3. The molecule has 33 heavy (non-hydrogen) atoms. The van der Waals surface area contributed by atoms with Crippen molar-refractivity contribution in [2.45, 2.75) is 6.54 Å². The Morgan fingerprint density at radius 2 is 1.79 bits per heavy atom. The maximum atomic E-state index is 12.6. The van der Waals surface area contributed by atoms with Gasteiger partial charge in [-0.2, -0.15) is 5.26 Å². The zero-order chi connectivity index (χ0) is 23.4. The second kappa shape index (κ2) is 9.08. The van der Waals surface area contributed by atoms with E-state index < -0.39 is 10.8 Å². The third kappa shape index (κ3) is 4.73. The van der Waals surface area contributed by atoms with Gasteiger partial charge in [0.15, 0.2) is 0 Å². The first-order chi connectivity index (χ1) is 15.9. The van der Waals surface area contributed by atoms with Crippen molar-refractivity contribution in [2.24, 2.45) is 0 Å². The number of rotatable bonds is 6. The Bertz CT molecular complexity index is 1410. The molecular formula is C25H18N4O4. The van der Waals surface area contributed by atoms with Crippen LogP contribution in [0.1, 0.15) is 11.1 Å². The van der Waals surface area contributed by atoms with Gasteiger partial charge < -0.3 is 15.0 Å². The summed E-state index contributed by atoms with van der Waals surface area (Å²) in [5, 5.41) is 33.4. The van der Waals surface area contributed by atoms with Crippen molar-refractivity contribution >= 4 is 34.3 Å². The summed E-state index contributed by atoms with van der Waals surface area (Å²) in [6.07, 6.45) is 3.38. The van der Waals surface area contributed by atoms with Crippen LogP contribution in [0.15, 0.2) is 84.6 Å². The van der Waals surface area contributed by atoms with E-state index in [2.05, 4.69) is 5.32 Å². The van der Waals surface area contributed by atoms with Gasteiger partial charge in [0.1, 0.15) is 17.4 Å². The summed E-state index contributed by atoms with van der Waals surface area (Å²) >= 11 is 0. The zero-order valence-corrected chi connectivity index (χ0v) is 17.3. The topological polar surface area (TPSA) is 121 Å². The minimum absolute atomic E-state index is 0.0260. The molecule has 1 amide bonds. The van der Waals surface area contributed by atoms with Crippen molar-refractivity contribution in [1.29, 1.82) is 5.26 Å². The Balaban J connectivity index is 1.65. The number of nitriles is 1. The average molecular weight is 438 g/mol.